The zero-order chi connectivity index (χ0) is 15.6. The average Bonchev–Trinajstić information content (AvgIpc) is 2.49. The third-order valence-electron chi connectivity index (χ3n) is 2.69. The smallest absolute Gasteiger partial charge is 0.343 e. The molecule has 0 aliphatic rings. The van der Waals surface area contributed by atoms with Gasteiger partial charge in [-0.15, -0.1) is 0 Å². The first-order valence-corrected chi connectivity index (χ1v) is 5.78. The molecule has 21 heavy (non-hydrogen) atoms. The minimum absolute atomic E-state index is 0.0258. The molecule has 0 bridgehead atoms. The van der Waals surface area contributed by atoms with Gasteiger partial charge in [-0.05, 0) is 17.7 Å². The number of rotatable bonds is 3. The fraction of sp³-hybridized carbons (Fsp3) is 0.0714. The summed E-state index contributed by atoms with van der Waals surface area (Å²) < 4.78 is 57.1. The predicted octanol–water partition coefficient (Wildman–Crippen LogP) is 2.92. The van der Waals surface area contributed by atoms with E-state index in [1.165, 1.54) is 24.3 Å². The Balaban J connectivity index is 2.31. The van der Waals surface area contributed by atoms with Gasteiger partial charge >= 0.3 is 5.97 Å². The fourth-order valence-electron chi connectivity index (χ4n) is 1.57. The highest BCUT2D eigenvalue weighted by Gasteiger charge is 2.23. The van der Waals surface area contributed by atoms with Gasteiger partial charge in [0, 0.05) is 12.6 Å². The van der Waals surface area contributed by atoms with E-state index in [2.05, 4.69) is 4.74 Å². The highest BCUT2D eigenvalue weighted by molar-refractivity contribution is 5.91. The predicted molar refractivity (Wildman–Crippen MR) is 65.6 cm³/mol. The number of ether oxygens (including phenoxy) is 1. The monoisotopic (exact) mass is 299 g/mol. The number of benzene rings is 2. The summed E-state index contributed by atoms with van der Waals surface area (Å²) in [4.78, 5) is 11.7. The van der Waals surface area contributed by atoms with E-state index in [4.69, 9.17) is 5.73 Å². The summed E-state index contributed by atoms with van der Waals surface area (Å²) in [6.07, 6.45) is 0. The summed E-state index contributed by atoms with van der Waals surface area (Å²) in [6, 6.07) is 5.68. The van der Waals surface area contributed by atoms with Crippen LogP contribution in [0.25, 0.3) is 0 Å². The fourth-order valence-corrected chi connectivity index (χ4v) is 1.57. The van der Waals surface area contributed by atoms with Crippen LogP contribution in [0.3, 0.4) is 0 Å². The van der Waals surface area contributed by atoms with Crippen molar-refractivity contribution in [3.63, 3.8) is 0 Å². The largest absolute Gasteiger partial charge is 0.416 e. The molecule has 0 aromatic heterocycles. The van der Waals surface area contributed by atoms with Crippen molar-refractivity contribution < 1.29 is 27.1 Å². The lowest BCUT2D eigenvalue weighted by atomic mass is 10.1. The Hall–Kier alpha value is -2.41. The van der Waals surface area contributed by atoms with Crippen molar-refractivity contribution in [2.24, 2.45) is 5.73 Å². The molecule has 0 amide bonds. The summed E-state index contributed by atoms with van der Waals surface area (Å²) >= 11 is 0. The number of carbonyl (C=O) groups excluding carboxylic acids is 1. The first-order chi connectivity index (χ1) is 9.93. The Morgan fingerprint density at radius 3 is 2.00 bits per heavy atom. The van der Waals surface area contributed by atoms with Crippen LogP contribution in [0.15, 0.2) is 30.3 Å². The standard InChI is InChI=1S/C14H9F4NO2/c15-9-5-10(16)12(18)13(11(9)17)21-14(20)8-3-1-7(6-19)2-4-8/h1-5H,6,19H2. The Kier molecular flexibility index (Phi) is 4.23. The van der Waals surface area contributed by atoms with Crippen molar-refractivity contribution in [2.45, 2.75) is 6.54 Å². The van der Waals surface area contributed by atoms with Crippen molar-refractivity contribution in [3.05, 3.63) is 64.7 Å². The lowest BCUT2D eigenvalue weighted by Gasteiger charge is -2.08. The van der Waals surface area contributed by atoms with Crippen LogP contribution in [0, 0.1) is 23.3 Å². The molecule has 0 fully saturated rings. The number of carbonyl (C=O) groups is 1. The molecular formula is C14H9F4NO2. The molecule has 0 aliphatic carbocycles. The quantitative estimate of drug-likeness (QED) is 0.410. The van der Waals surface area contributed by atoms with Crippen LogP contribution in [-0.4, -0.2) is 5.97 Å². The average molecular weight is 299 g/mol. The number of esters is 1. The number of hydrogen-bond acceptors (Lipinski definition) is 3. The molecule has 7 heteroatoms. The van der Waals surface area contributed by atoms with Crippen LogP contribution in [0.5, 0.6) is 5.75 Å². The SMILES string of the molecule is NCc1ccc(C(=O)Oc2c(F)c(F)cc(F)c2F)cc1. The summed E-state index contributed by atoms with van der Waals surface area (Å²) in [5.41, 5.74) is 6.05. The molecule has 0 aliphatic heterocycles. The van der Waals surface area contributed by atoms with E-state index < -0.39 is 35.0 Å². The van der Waals surface area contributed by atoms with Crippen molar-refractivity contribution in [3.8, 4) is 5.75 Å². The maximum atomic E-state index is 13.4. The Labute approximate surface area is 116 Å². The van der Waals surface area contributed by atoms with Gasteiger partial charge in [0.2, 0.25) is 17.4 Å². The Morgan fingerprint density at radius 1 is 1.00 bits per heavy atom. The van der Waals surface area contributed by atoms with Crippen LogP contribution in [0.1, 0.15) is 15.9 Å². The van der Waals surface area contributed by atoms with Gasteiger partial charge in [0.15, 0.2) is 11.6 Å². The molecule has 110 valence electrons. The lowest BCUT2D eigenvalue weighted by molar-refractivity contribution is 0.0717. The molecule has 2 aromatic rings. The van der Waals surface area contributed by atoms with Crippen LogP contribution < -0.4 is 10.5 Å². The molecule has 2 rings (SSSR count). The summed E-state index contributed by atoms with van der Waals surface area (Å²) in [7, 11) is 0. The molecule has 0 atom stereocenters. The van der Waals surface area contributed by atoms with Crippen LogP contribution in [0.4, 0.5) is 17.6 Å². The van der Waals surface area contributed by atoms with Gasteiger partial charge in [0.1, 0.15) is 0 Å². The summed E-state index contributed by atoms with van der Waals surface area (Å²) in [5.74, 6) is -9.44. The van der Waals surface area contributed by atoms with Crippen molar-refractivity contribution >= 4 is 5.97 Å². The van der Waals surface area contributed by atoms with E-state index in [0.717, 1.165) is 5.56 Å². The van der Waals surface area contributed by atoms with Crippen LogP contribution >= 0.6 is 0 Å². The third-order valence-corrected chi connectivity index (χ3v) is 2.69. The normalized spacial score (nSPS) is 10.5. The number of nitrogens with two attached hydrogens (primary N) is 1. The summed E-state index contributed by atoms with van der Waals surface area (Å²) in [6.45, 7) is 0.244. The molecule has 0 spiro atoms. The lowest BCUT2D eigenvalue weighted by Crippen LogP contribution is -2.12. The second-order valence-electron chi connectivity index (χ2n) is 4.09. The summed E-state index contributed by atoms with van der Waals surface area (Å²) in [5, 5.41) is 0. The Bertz CT molecular complexity index is 660. The minimum atomic E-state index is -1.78. The van der Waals surface area contributed by atoms with Gasteiger partial charge in [-0.1, -0.05) is 12.1 Å². The molecule has 2 aromatic carbocycles. The maximum absolute atomic E-state index is 13.4. The van der Waals surface area contributed by atoms with Gasteiger partial charge in [0.25, 0.3) is 0 Å². The number of halogens is 4. The van der Waals surface area contributed by atoms with E-state index in [-0.39, 0.29) is 18.2 Å². The van der Waals surface area contributed by atoms with Crippen molar-refractivity contribution in [1.29, 1.82) is 0 Å². The van der Waals surface area contributed by atoms with Gasteiger partial charge in [-0.3, -0.25) is 0 Å². The van der Waals surface area contributed by atoms with Gasteiger partial charge in [-0.2, -0.15) is 8.78 Å². The second-order valence-corrected chi connectivity index (χ2v) is 4.09. The molecule has 0 radical (unpaired) electrons. The minimum Gasteiger partial charge on any atom is -0.416 e. The second kappa shape index (κ2) is 5.92. The number of hydrogen-bond donors (Lipinski definition) is 1. The molecule has 0 saturated carbocycles. The molecule has 2 N–H and O–H groups in total. The first kappa shape index (κ1) is 15.0. The van der Waals surface area contributed by atoms with Gasteiger partial charge < -0.3 is 10.5 Å². The van der Waals surface area contributed by atoms with Crippen LogP contribution in [-0.2, 0) is 6.54 Å². The van der Waals surface area contributed by atoms with Crippen LogP contribution in [0.2, 0.25) is 0 Å². The zero-order valence-electron chi connectivity index (χ0n) is 10.5. The highest BCUT2D eigenvalue weighted by atomic mass is 19.2. The molecule has 3 nitrogen and oxygen atoms in total. The maximum Gasteiger partial charge on any atom is 0.343 e. The zero-order valence-corrected chi connectivity index (χ0v) is 10.5. The third kappa shape index (κ3) is 3.03. The highest BCUT2D eigenvalue weighted by Crippen LogP contribution is 2.27. The van der Waals surface area contributed by atoms with E-state index in [0.29, 0.717) is 0 Å². The van der Waals surface area contributed by atoms with Crippen molar-refractivity contribution in [1.82, 2.24) is 0 Å². The Morgan fingerprint density at radius 2 is 1.52 bits per heavy atom. The van der Waals surface area contributed by atoms with E-state index in [9.17, 15) is 22.4 Å². The van der Waals surface area contributed by atoms with Gasteiger partial charge in [-0.25, -0.2) is 13.6 Å². The van der Waals surface area contributed by atoms with E-state index in [1.807, 2.05) is 0 Å². The first-order valence-electron chi connectivity index (χ1n) is 5.78. The van der Waals surface area contributed by atoms with E-state index >= 15 is 0 Å². The topological polar surface area (TPSA) is 52.3 Å². The van der Waals surface area contributed by atoms with Crippen molar-refractivity contribution in [2.75, 3.05) is 0 Å². The van der Waals surface area contributed by atoms with Gasteiger partial charge in [0.05, 0.1) is 5.56 Å². The molecule has 0 saturated heterocycles. The molecule has 0 unspecified atom stereocenters. The van der Waals surface area contributed by atoms with E-state index in [1.54, 1.807) is 0 Å². The molecule has 0 heterocycles. The molecular weight excluding hydrogens is 290 g/mol.